The van der Waals surface area contributed by atoms with Crippen LogP contribution in [-0.2, 0) is 19.4 Å². The van der Waals surface area contributed by atoms with Crippen LogP contribution < -0.4 is 15.1 Å². The quantitative estimate of drug-likeness (QED) is 0.384. The lowest BCUT2D eigenvalue weighted by atomic mass is 9.87. The van der Waals surface area contributed by atoms with E-state index in [-0.39, 0.29) is 29.7 Å². The van der Waals surface area contributed by atoms with E-state index in [0.717, 1.165) is 48.0 Å². The monoisotopic (exact) mass is 603 g/mol. The van der Waals surface area contributed by atoms with Gasteiger partial charge in [-0.2, -0.15) is 4.98 Å². The van der Waals surface area contributed by atoms with Crippen molar-refractivity contribution in [2.24, 2.45) is 11.8 Å². The highest BCUT2D eigenvalue weighted by Crippen LogP contribution is 2.43. The molecule has 5 atom stereocenters. The fraction of sp³-hybridized carbons (Fsp3) is 0.484. The van der Waals surface area contributed by atoms with Crippen molar-refractivity contribution >= 4 is 49.8 Å². The molecule has 4 aliphatic rings. The van der Waals surface area contributed by atoms with Crippen molar-refractivity contribution in [2.75, 3.05) is 60.0 Å². The number of anilines is 4. The van der Waals surface area contributed by atoms with Crippen LogP contribution in [0.4, 0.5) is 23.3 Å². The SMILES string of the molecule is C=CC(=O)N1CC[C@H]1c1ccc(N2C[C@H](CS(C)(=O)=O)[C@H]2C)c2cnc(Nc3ccnc(N4CC[C@H]5COC[C@H]54)n3)cc12. The standard InChI is InChI=1S/C31H37N7O4S/c1-4-30(39)36-12-9-26(36)22-5-6-25(38-15-21(19(38)2)18-43(3,40)41)24-14-33-29(13-23(22)24)34-28-7-10-32-31(35-28)37-11-8-20-16-42-17-27(20)37/h4-7,10,13-14,19-21,26-27H,1,8-9,11-12,15-18H2,2-3H3,(H,32,33,34,35)/t19-,20+,21-,26+,27-/m1/s1. The summed E-state index contributed by atoms with van der Waals surface area (Å²) in [5.74, 6) is 2.71. The molecule has 12 heteroatoms. The van der Waals surface area contributed by atoms with E-state index in [1.54, 1.807) is 6.20 Å². The molecule has 1 amide bonds. The second-order valence-corrected chi connectivity index (χ2v) is 14.5. The zero-order valence-corrected chi connectivity index (χ0v) is 25.3. The number of hydrogen-bond donors (Lipinski definition) is 1. The van der Waals surface area contributed by atoms with Gasteiger partial charge in [-0.1, -0.05) is 12.6 Å². The van der Waals surface area contributed by atoms with Gasteiger partial charge in [0.05, 0.1) is 31.1 Å². The Bertz CT molecular complexity index is 1700. The predicted octanol–water partition coefficient (Wildman–Crippen LogP) is 3.32. The third-order valence-electron chi connectivity index (χ3n) is 9.64. The van der Waals surface area contributed by atoms with Crippen molar-refractivity contribution in [3.63, 3.8) is 0 Å². The van der Waals surface area contributed by atoms with E-state index in [1.807, 2.05) is 23.2 Å². The molecule has 226 valence electrons. The van der Waals surface area contributed by atoms with Crippen molar-refractivity contribution in [3.8, 4) is 0 Å². The molecular weight excluding hydrogens is 566 g/mol. The molecule has 0 unspecified atom stereocenters. The van der Waals surface area contributed by atoms with Crippen LogP contribution in [0.5, 0.6) is 0 Å². The number of ether oxygens (including phenoxy) is 1. The van der Waals surface area contributed by atoms with E-state index in [1.165, 1.54) is 12.3 Å². The van der Waals surface area contributed by atoms with Crippen molar-refractivity contribution < 1.29 is 17.9 Å². The smallest absolute Gasteiger partial charge is 0.246 e. The van der Waals surface area contributed by atoms with Gasteiger partial charge in [0, 0.05) is 67.2 Å². The Balaban J connectivity index is 1.21. The number of nitrogens with one attached hydrogen (secondary N) is 1. The Morgan fingerprint density at radius 1 is 1.12 bits per heavy atom. The van der Waals surface area contributed by atoms with Crippen LogP contribution in [0.1, 0.15) is 31.4 Å². The third kappa shape index (κ3) is 5.10. The van der Waals surface area contributed by atoms with Crippen molar-refractivity contribution in [3.05, 3.63) is 54.9 Å². The molecule has 4 fully saturated rings. The van der Waals surface area contributed by atoms with Crippen LogP contribution in [0.3, 0.4) is 0 Å². The lowest BCUT2D eigenvalue weighted by molar-refractivity contribution is -0.133. The fourth-order valence-corrected chi connectivity index (χ4v) is 8.31. The van der Waals surface area contributed by atoms with Gasteiger partial charge in [0.2, 0.25) is 11.9 Å². The summed E-state index contributed by atoms with van der Waals surface area (Å²) in [5.41, 5.74) is 2.07. The zero-order chi connectivity index (χ0) is 29.9. The van der Waals surface area contributed by atoms with Gasteiger partial charge in [0.25, 0.3) is 0 Å². The Morgan fingerprint density at radius 3 is 2.72 bits per heavy atom. The topological polar surface area (TPSA) is 121 Å². The Morgan fingerprint density at radius 2 is 1.98 bits per heavy atom. The summed E-state index contributed by atoms with van der Waals surface area (Å²) in [4.78, 5) is 33.0. The normalized spacial score (nSPS) is 26.7. The minimum absolute atomic E-state index is 0.0495. The average molecular weight is 604 g/mol. The maximum absolute atomic E-state index is 12.6. The van der Waals surface area contributed by atoms with Gasteiger partial charge in [0.1, 0.15) is 21.5 Å². The van der Waals surface area contributed by atoms with Gasteiger partial charge in [0.15, 0.2) is 0 Å². The lowest BCUT2D eigenvalue weighted by Gasteiger charge is -2.48. The highest BCUT2D eigenvalue weighted by molar-refractivity contribution is 7.90. The van der Waals surface area contributed by atoms with Crippen LogP contribution in [0.2, 0.25) is 0 Å². The molecule has 11 nitrogen and oxygen atoms in total. The number of pyridine rings is 1. The van der Waals surface area contributed by atoms with E-state index in [4.69, 9.17) is 14.7 Å². The van der Waals surface area contributed by atoms with Crippen LogP contribution >= 0.6 is 0 Å². The molecule has 4 aliphatic heterocycles. The van der Waals surface area contributed by atoms with Gasteiger partial charge < -0.3 is 24.8 Å². The molecular formula is C31H37N7O4S. The van der Waals surface area contributed by atoms with Crippen molar-refractivity contribution in [1.29, 1.82) is 0 Å². The Hall–Kier alpha value is -3.77. The van der Waals surface area contributed by atoms with Gasteiger partial charge >= 0.3 is 0 Å². The molecule has 43 heavy (non-hydrogen) atoms. The largest absolute Gasteiger partial charge is 0.379 e. The zero-order valence-electron chi connectivity index (χ0n) is 24.5. The first kappa shape index (κ1) is 28.0. The molecule has 0 radical (unpaired) electrons. The molecule has 1 aromatic carbocycles. The van der Waals surface area contributed by atoms with Crippen LogP contribution in [0, 0.1) is 11.8 Å². The number of rotatable bonds is 8. The second kappa shape index (κ2) is 10.7. The molecule has 0 aliphatic carbocycles. The van der Waals surface area contributed by atoms with E-state index < -0.39 is 9.84 Å². The van der Waals surface area contributed by atoms with Crippen molar-refractivity contribution in [1.82, 2.24) is 19.9 Å². The molecule has 2 aromatic heterocycles. The number of amides is 1. The number of aromatic nitrogens is 3. The average Bonchev–Trinajstić information content (AvgIpc) is 3.59. The molecule has 4 saturated heterocycles. The summed E-state index contributed by atoms with van der Waals surface area (Å²) in [5, 5.41) is 5.36. The first-order chi connectivity index (χ1) is 20.7. The van der Waals surface area contributed by atoms with Gasteiger partial charge in [-0.15, -0.1) is 0 Å². The number of nitrogens with zero attached hydrogens (tertiary/aromatic N) is 6. The summed E-state index contributed by atoms with van der Waals surface area (Å²) in [7, 11) is -3.06. The lowest BCUT2D eigenvalue weighted by Crippen LogP contribution is -2.57. The summed E-state index contributed by atoms with van der Waals surface area (Å²) < 4.78 is 29.6. The fourth-order valence-electron chi connectivity index (χ4n) is 7.15. The Kier molecular flexibility index (Phi) is 7.00. The highest BCUT2D eigenvalue weighted by Gasteiger charge is 2.41. The Labute approximate surface area is 251 Å². The second-order valence-electron chi connectivity index (χ2n) is 12.3. The van der Waals surface area contributed by atoms with Crippen LogP contribution in [0.25, 0.3) is 10.8 Å². The minimum atomic E-state index is -3.06. The van der Waals surface area contributed by atoms with Crippen LogP contribution in [-0.4, -0.2) is 91.1 Å². The van der Waals surface area contributed by atoms with Gasteiger partial charge in [-0.25, -0.2) is 18.4 Å². The summed E-state index contributed by atoms with van der Waals surface area (Å²) in [6, 6.07) is 8.40. The number of fused-ring (bicyclic) bond motifs is 2. The number of carbonyl (C=O) groups excluding carboxylic acids is 1. The van der Waals surface area contributed by atoms with Gasteiger partial charge in [-0.3, -0.25) is 4.79 Å². The van der Waals surface area contributed by atoms with Crippen LogP contribution in [0.15, 0.2) is 49.3 Å². The summed E-state index contributed by atoms with van der Waals surface area (Å²) >= 11 is 0. The number of likely N-dealkylation sites (tertiary alicyclic amines) is 1. The maximum atomic E-state index is 12.6. The molecule has 1 N–H and O–H groups in total. The van der Waals surface area contributed by atoms with E-state index in [0.29, 0.717) is 49.2 Å². The number of benzene rings is 1. The van der Waals surface area contributed by atoms with Gasteiger partial charge in [-0.05, 0) is 55.0 Å². The van der Waals surface area contributed by atoms with E-state index >= 15 is 0 Å². The number of sulfone groups is 1. The summed E-state index contributed by atoms with van der Waals surface area (Å²) in [6.45, 7) is 9.55. The third-order valence-corrected chi connectivity index (χ3v) is 10.7. The molecule has 0 spiro atoms. The molecule has 6 heterocycles. The highest BCUT2D eigenvalue weighted by atomic mass is 32.2. The molecule has 3 aromatic rings. The maximum Gasteiger partial charge on any atom is 0.246 e. The predicted molar refractivity (Wildman–Crippen MR) is 166 cm³/mol. The molecule has 0 saturated carbocycles. The van der Waals surface area contributed by atoms with E-state index in [2.05, 4.69) is 45.7 Å². The first-order valence-corrected chi connectivity index (χ1v) is 17.0. The number of carbonyl (C=O) groups is 1. The number of hydrogen-bond acceptors (Lipinski definition) is 10. The van der Waals surface area contributed by atoms with E-state index in [9.17, 15) is 13.2 Å². The molecule has 0 bridgehead atoms. The molecule has 7 rings (SSSR count). The first-order valence-electron chi connectivity index (χ1n) is 14.9. The summed E-state index contributed by atoms with van der Waals surface area (Å²) in [6.07, 6.45) is 8.25. The van der Waals surface area contributed by atoms with Crippen molar-refractivity contribution in [2.45, 2.75) is 37.9 Å². The minimum Gasteiger partial charge on any atom is -0.379 e.